The highest BCUT2D eigenvalue weighted by molar-refractivity contribution is 7.14. The molecule has 0 aromatic carbocycles. The van der Waals surface area contributed by atoms with Gasteiger partial charge < -0.3 is 5.73 Å². The van der Waals surface area contributed by atoms with Crippen LogP contribution in [0.3, 0.4) is 0 Å². The number of nitrogens with zero attached hydrogens (tertiary/aromatic N) is 2. The summed E-state index contributed by atoms with van der Waals surface area (Å²) in [7, 11) is 0. The number of carbonyl (C=O) groups excluding carboxylic acids is 1. The number of amides is 1. The second-order valence-corrected chi connectivity index (χ2v) is 4.41. The second kappa shape index (κ2) is 5.03. The molecule has 0 bridgehead atoms. The first-order chi connectivity index (χ1) is 8.16. The summed E-state index contributed by atoms with van der Waals surface area (Å²) in [5.41, 5.74) is 7.02. The van der Waals surface area contributed by atoms with Gasteiger partial charge in [0.2, 0.25) is 0 Å². The van der Waals surface area contributed by atoms with Crippen LogP contribution in [0.1, 0.15) is 29.0 Å². The summed E-state index contributed by atoms with van der Waals surface area (Å²) >= 11 is 1.36. The summed E-state index contributed by atoms with van der Waals surface area (Å²) in [5, 5.41) is 5.11. The van der Waals surface area contributed by atoms with Crippen LogP contribution in [-0.2, 0) is 0 Å². The second-order valence-electron chi connectivity index (χ2n) is 3.56. The molecular formula is C11H12N4OS. The lowest BCUT2D eigenvalue weighted by molar-refractivity contribution is 0.102. The van der Waals surface area contributed by atoms with Gasteiger partial charge in [0, 0.05) is 29.4 Å². The number of aromatic nitrogens is 2. The Balaban J connectivity index is 2.08. The van der Waals surface area contributed by atoms with Crippen molar-refractivity contribution in [3.63, 3.8) is 0 Å². The number of rotatable bonds is 3. The van der Waals surface area contributed by atoms with Gasteiger partial charge in [0.25, 0.3) is 5.91 Å². The number of hydrogen-bond donors (Lipinski definition) is 2. The van der Waals surface area contributed by atoms with Crippen molar-refractivity contribution in [2.45, 2.75) is 13.0 Å². The van der Waals surface area contributed by atoms with Gasteiger partial charge in [0.1, 0.15) is 0 Å². The van der Waals surface area contributed by atoms with E-state index in [1.165, 1.54) is 11.3 Å². The van der Waals surface area contributed by atoms with Crippen LogP contribution in [0.15, 0.2) is 29.9 Å². The minimum atomic E-state index is -0.196. The monoisotopic (exact) mass is 248 g/mol. The Morgan fingerprint density at radius 1 is 1.47 bits per heavy atom. The van der Waals surface area contributed by atoms with Gasteiger partial charge >= 0.3 is 0 Å². The molecule has 1 amide bonds. The topological polar surface area (TPSA) is 80.9 Å². The molecule has 2 aromatic heterocycles. The molecule has 2 rings (SSSR count). The fraction of sp³-hybridized carbons (Fsp3) is 0.182. The summed E-state index contributed by atoms with van der Waals surface area (Å²) in [5.74, 6) is -0.196. The lowest BCUT2D eigenvalue weighted by atomic mass is 10.2. The molecule has 17 heavy (non-hydrogen) atoms. The number of anilines is 1. The maximum absolute atomic E-state index is 11.8. The molecule has 0 radical (unpaired) electrons. The van der Waals surface area contributed by atoms with Gasteiger partial charge in [-0.15, -0.1) is 11.3 Å². The van der Waals surface area contributed by atoms with Crippen molar-refractivity contribution in [2.75, 3.05) is 5.32 Å². The number of pyridine rings is 1. The Bertz CT molecular complexity index is 509. The van der Waals surface area contributed by atoms with E-state index in [-0.39, 0.29) is 11.9 Å². The fourth-order valence-corrected chi connectivity index (χ4v) is 2.03. The smallest absolute Gasteiger partial charge is 0.257 e. The van der Waals surface area contributed by atoms with Crippen LogP contribution in [-0.4, -0.2) is 15.9 Å². The third kappa shape index (κ3) is 2.86. The van der Waals surface area contributed by atoms with Crippen LogP contribution in [0.25, 0.3) is 0 Å². The molecule has 1 atom stereocenters. The quantitative estimate of drug-likeness (QED) is 0.868. The molecule has 2 heterocycles. The minimum absolute atomic E-state index is 0.127. The Labute approximate surface area is 103 Å². The Morgan fingerprint density at radius 3 is 2.76 bits per heavy atom. The van der Waals surface area contributed by atoms with Gasteiger partial charge in [-0.3, -0.25) is 15.1 Å². The van der Waals surface area contributed by atoms with Crippen molar-refractivity contribution < 1.29 is 4.79 Å². The maximum atomic E-state index is 11.8. The largest absolute Gasteiger partial charge is 0.323 e. The highest BCUT2D eigenvalue weighted by Gasteiger charge is 2.10. The summed E-state index contributed by atoms with van der Waals surface area (Å²) < 4.78 is 0. The number of nitrogens with one attached hydrogen (secondary N) is 1. The summed E-state index contributed by atoms with van der Waals surface area (Å²) in [6.07, 6.45) is 3.15. The highest BCUT2D eigenvalue weighted by atomic mass is 32.1. The number of nitrogens with two attached hydrogens (primary N) is 1. The molecule has 0 aliphatic rings. The van der Waals surface area contributed by atoms with Gasteiger partial charge in [0.15, 0.2) is 5.13 Å². The van der Waals surface area contributed by atoms with E-state index in [4.69, 9.17) is 5.73 Å². The van der Waals surface area contributed by atoms with Crippen LogP contribution in [0.2, 0.25) is 0 Å². The average Bonchev–Trinajstić information content (AvgIpc) is 2.79. The normalized spacial score (nSPS) is 12.1. The molecule has 6 heteroatoms. The van der Waals surface area contributed by atoms with Crippen LogP contribution in [0.5, 0.6) is 0 Å². The minimum Gasteiger partial charge on any atom is -0.323 e. The molecule has 0 fully saturated rings. The predicted octanol–water partition coefficient (Wildman–Crippen LogP) is 1.81. The maximum Gasteiger partial charge on any atom is 0.257 e. The Morgan fingerprint density at radius 2 is 2.18 bits per heavy atom. The van der Waals surface area contributed by atoms with Gasteiger partial charge in [-0.1, -0.05) is 0 Å². The van der Waals surface area contributed by atoms with Crippen molar-refractivity contribution in [3.05, 3.63) is 41.2 Å². The average molecular weight is 248 g/mol. The van der Waals surface area contributed by atoms with Gasteiger partial charge in [-0.25, -0.2) is 4.98 Å². The molecule has 1 unspecified atom stereocenters. The molecule has 0 saturated carbocycles. The van der Waals surface area contributed by atoms with E-state index in [0.29, 0.717) is 10.7 Å². The van der Waals surface area contributed by atoms with Crippen molar-refractivity contribution in [3.8, 4) is 0 Å². The molecule has 3 N–H and O–H groups in total. The SMILES string of the molecule is CC(N)c1csc(NC(=O)c2ccncc2)n1. The first-order valence-corrected chi connectivity index (χ1v) is 5.97. The van der Waals surface area contributed by atoms with Crippen LogP contribution in [0, 0.1) is 0 Å². The zero-order chi connectivity index (χ0) is 12.3. The third-order valence-corrected chi connectivity index (χ3v) is 2.93. The van der Waals surface area contributed by atoms with E-state index < -0.39 is 0 Å². The van der Waals surface area contributed by atoms with E-state index in [0.717, 1.165) is 5.69 Å². The summed E-state index contributed by atoms with van der Waals surface area (Å²) in [6.45, 7) is 1.85. The Kier molecular flexibility index (Phi) is 3.46. The van der Waals surface area contributed by atoms with Crippen molar-refractivity contribution >= 4 is 22.4 Å². The third-order valence-electron chi connectivity index (χ3n) is 2.15. The molecule has 0 aliphatic heterocycles. The van der Waals surface area contributed by atoms with E-state index in [1.807, 2.05) is 12.3 Å². The molecular weight excluding hydrogens is 236 g/mol. The standard InChI is InChI=1S/C11H12N4OS/c1-7(12)9-6-17-11(14-9)15-10(16)8-2-4-13-5-3-8/h2-7H,12H2,1H3,(H,14,15,16). The predicted molar refractivity (Wildman–Crippen MR) is 66.9 cm³/mol. The number of thiazole rings is 1. The van der Waals surface area contributed by atoms with Crippen LogP contribution < -0.4 is 11.1 Å². The van der Waals surface area contributed by atoms with Gasteiger partial charge in [-0.2, -0.15) is 0 Å². The molecule has 0 saturated heterocycles. The number of hydrogen-bond acceptors (Lipinski definition) is 5. The van der Waals surface area contributed by atoms with E-state index in [1.54, 1.807) is 24.5 Å². The Hall–Kier alpha value is -1.79. The van der Waals surface area contributed by atoms with Crippen molar-refractivity contribution in [1.29, 1.82) is 0 Å². The van der Waals surface area contributed by atoms with Crippen LogP contribution >= 0.6 is 11.3 Å². The number of carbonyl (C=O) groups is 1. The lowest BCUT2D eigenvalue weighted by Crippen LogP contribution is -2.12. The van der Waals surface area contributed by atoms with Crippen LogP contribution in [0.4, 0.5) is 5.13 Å². The fourth-order valence-electron chi connectivity index (χ4n) is 1.23. The van der Waals surface area contributed by atoms with Gasteiger partial charge in [0.05, 0.1) is 5.69 Å². The summed E-state index contributed by atoms with van der Waals surface area (Å²) in [4.78, 5) is 19.9. The molecule has 0 aliphatic carbocycles. The van der Waals surface area contributed by atoms with Crippen molar-refractivity contribution in [1.82, 2.24) is 9.97 Å². The first-order valence-electron chi connectivity index (χ1n) is 5.09. The first kappa shape index (κ1) is 11.7. The van der Waals surface area contributed by atoms with Gasteiger partial charge in [-0.05, 0) is 19.1 Å². The highest BCUT2D eigenvalue weighted by Crippen LogP contribution is 2.19. The van der Waals surface area contributed by atoms with E-state index in [9.17, 15) is 4.79 Å². The zero-order valence-corrected chi connectivity index (χ0v) is 10.1. The van der Waals surface area contributed by atoms with E-state index in [2.05, 4.69) is 15.3 Å². The lowest BCUT2D eigenvalue weighted by Gasteiger charge is -2.01. The van der Waals surface area contributed by atoms with Crippen molar-refractivity contribution in [2.24, 2.45) is 5.73 Å². The molecule has 88 valence electrons. The van der Waals surface area contributed by atoms with E-state index >= 15 is 0 Å². The molecule has 0 spiro atoms. The molecule has 5 nitrogen and oxygen atoms in total. The zero-order valence-electron chi connectivity index (χ0n) is 9.25. The summed E-state index contributed by atoms with van der Waals surface area (Å²) in [6, 6.07) is 3.17. The molecule has 2 aromatic rings.